The molecule has 4 rings (SSSR count). The second kappa shape index (κ2) is 7.33. The quantitative estimate of drug-likeness (QED) is 0.567. The Labute approximate surface area is 156 Å². The number of nitrogens with zero attached hydrogens (tertiary/aromatic N) is 4. The van der Waals surface area contributed by atoms with Crippen LogP contribution in [0.4, 0.5) is 5.82 Å². The highest BCUT2D eigenvalue weighted by Crippen LogP contribution is 2.24. The number of fused-ring (bicyclic) bond motifs is 1. The number of nitrogens with one attached hydrogen (secondary N) is 1. The molecule has 0 aliphatic carbocycles. The van der Waals surface area contributed by atoms with E-state index in [0.717, 1.165) is 34.1 Å². The summed E-state index contributed by atoms with van der Waals surface area (Å²) in [4.78, 5) is 8.82. The summed E-state index contributed by atoms with van der Waals surface area (Å²) in [7, 11) is 3.28. The van der Waals surface area contributed by atoms with Crippen LogP contribution in [0, 0.1) is 0 Å². The molecule has 7 nitrogen and oxygen atoms in total. The van der Waals surface area contributed by atoms with Gasteiger partial charge in [-0.05, 0) is 17.7 Å². The van der Waals surface area contributed by atoms with Gasteiger partial charge in [-0.3, -0.25) is 0 Å². The van der Waals surface area contributed by atoms with Crippen LogP contribution in [-0.4, -0.2) is 33.8 Å². The predicted octanol–water partition coefficient (Wildman–Crippen LogP) is 3.42. The SMILES string of the molecule is COc1cc(CNc2cc(-c3ccccc3)nc3ncnn23)cc(OC)c1. The highest BCUT2D eigenvalue weighted by atomic mass is 16.5. The molecule has 136 valence electrons. The Morgan fingerprint density at radius 3 is 2.41 bits per heavy atom. The largest absolute Gasteiger partial charge is 0.497 e. The molecule has 27 heavy (non-hydrogen) atoms. The number of ether oxygens (including phenoxy) is 2. The number of hydrogen-bond acceptors (Lipinski definition) is 6. The van der Waals surface area contributed by atoms with Gasteiger partial charge in [0.1, 0.15) is 23.6 Å². The third-order valence-corrected chi connectivity index (χ3v) is 4.21. The minimum absolute atomic E-state index is 0.544. The van der Waals surface area contributed by atoms with Gasteiger partial charge in [-0.2, -0.15) is 14.6 Å². The van der Waals surface area contributed by atoms with Crippen molar-refractivity contribution < 1.29 is 9.47 Å². The molecular formula is C20H19N5O2. The molecular weight excluding hydrogens is 342 g/mol. The smallest absolute Gasteiger partial charge is 0.254 e. The van der Waals surface area contributed by atoms with Crippen LogP contribution in [0.1, 0.15) is 5.56 Å². The summed E-state index contributed by atoms with van der Waals surface area (Å²) in [5.74, 6) is 2.84. The number of aromatic nitrogens is 4. The summed E-state index contributed by atoms with van der Waals surface area (Å²) in [6.07, 6.45) is 1.50. The number of rotatable bonds is 6. The zero-order chi connectivity index (χ0) is 18.6. The van der Waals surface area contributed by atoms with Gasteiger partial charge in [-0.1, -0.05) is 30.3 Å². The molecule has 0 saturated heterocycles. The van der Waals surface area contributed by atoms with Gasteiger partial charge in [0.15, 0.2) is 0 Å². The van der Waals surface area contributed by atoms with Gasteiger partial charge in [0.2, 0.25) is 0 Å². The Hall–Kier alpha value is -3.61. The second-order valence-electron chi connectivity index (χ2n) is 5.94. The first-order valence-electron chi connectivity index (χ1n) is 8.49. The molecule has 4 aromatic rings. The molecule has 1 N–H and O–H groups in total. The van der Waals surface area contributed by atoms with Crippen molar-refractivity contribution in [2.24, 2.45) is 0 Å². The van der Waals surface area contributed by atoms with E-state index >= 15 is 0 Å². The molecule has 2 aromatic carbocycles. The van der Waals surface area contributed by atoms with Crippen molar-refractivity contribution in [3.05, 3.63) is 66.5 Å². The Kier molecular flexibility index (Phi) is 4.57. The molecule has 0 saturated carbocycles. The van der Waals surface area contributed by atoms with Crippen molar-refractivity contribution in [1.82, 2.24) is 19.6 Å². The van der Waals surface area contributed by atoms with Crippen LogP contribution in [-0.2, 0) is 6.54 Å². The van der Waals surface area contributed by atoms with Gasteiger partial charge in [-0.25, -0.2) is 4.98 Å². The lowest BCUT2D eigenvalue weighted by Gasteiger charge is -2.12. The average Bonchev–Trinajstić information content (AvgIpc) is 3.21. The average molecular weight is 361 g/mol. The highest BCUT2D eigenvalue weighted by Gasteiger charge is 2.10. The summed E-state index contributed by atoms with van der Waals surface area (Å²) in [6, 6.07) is 17.7. The molecule has 0 aliphatic rings. The van der Waals surface area contributed by atoms with Gasteiger partial charge in [0.25, 0.3) is 5.78 Å². The van der Waals surface area contributed by atoms with Crippen LogP contribution >= 0.6 is 0 Å². The first-order chi connectivity index (χ1) is 13.3. The van der Waals surface area contributed by atoms with Crippen LogP contribution in [0.25, 0.3) is 17.0 Å². The van der Waals surface area contributed by atoms with Crippen LogP contribution in [0.15, 0.2) is 60.9 Å². The predicted molar refractivity (Wildman–Crippen MR) is 103 cm³/mol. The molecule has 2 heterocycles. The van der Waals surface area contributed by atoms with E-state index in [2.05, 4.69) is 20.4 Å². The molecule has 0 aliphatic heterocycles. The van der Waals surface area contributed by atoms with E-state index < -0.39 is 0 Å². The van der Waals surface area contributed by atoms with Crippen LogP contribution in [0.3, 0.4) is 0 Å². The highest BCUT2D eigenvalue weighted by molar-refractivity contribution is 5.65. The first-order valence-corrected chi connectivity index (χ1v) is 8.49. The lowest BCUT2D eigenvalue weighted by molar-refractivity contribution is 0.393. The van der Waals surface area contributed by atoms with Crippen molar-refractivity contribution in [2.45, 2.75) is 6.54 Å². The van der Waals surface area contributed by atoms with Gasteiger partial charge < -0.3 is 14.8 Å². The molecule has 0 radical (unpaired) electrons. The maximum atomic E-state index is 5.34. The normalized spacial score (nSPS) is 10.7. The van der Waals surface area contributed by atoms with Gasteiger partial charge >= 0.3 is 0 Å². The van der Waals surface area contributed by atoms with Crippen molar-refractivity contribution in [3.63, 3.8) is 0 Å². The summed E-state index contributed by atoms with van der Waals surface area (Å²) in [5.41, 5.74) is 2.88. The van der Waals surface area contributed by atoms with E-state index in [1.165, 1.54) is 6.33 Å². The number of methoxy groups -OCH3 is 2. The summed E-state index contributed by atoms with van der Waals surface area (Å²) in [6.45, 7) is 0.570. The van der Waals surface area contributed by atoms with E-state index in [1.54, 1.807) is 18.7 Å². The minimum atomic E-state index is 0.544. The Morgan fingerprint density at radius 2 is 1.70 bits per heavy atom. The van der Waals surface area contributed by atoms with Gasteiger partial charge in [-0.15, -0.1) is 0 Å². The zero-order valence-corrected chi connectivity index (χ0v) is 15.1. The Bertz CT molecular complexity index is 1040. The molecule has 0 unspecified atom stereocenters. The molecule has 0 bridgehead atoms. The standard InChI is InChI=1S/C20H19N5O2/c1-26-16-8-14(9-17(10-16)27-2)12-21-19-11-18(15-6-4-3-5-7-15)24-20-22-13-23-25(19)20/h3-11,13,21H,12H2,1-2H3. The molecule has 0 fully saturated rings. The maximum Gasteiger partial charge on any atom is 0.254 e. The topological polar surface area (TPSA) is 73.6 Å². The summed E-state index contributed by atoms with van der Waals surface area (Å²) < 4.78 is 12.4. The molecule has 0 amide bonds. The van der Waals surface area contributed by atoms with Crippen molar-refractivity contribution in [1.29, 1.82) is 0 Å². The lowest BCUT2D eigenvalue weighted by Crippen LogP contribution is -2.07. The fourth-order valence-corrected chi connectivity index (χ4v) is 2.86. The fraction of sp³-hybridized carbons (Fsp3) is 0.150. The molecule has 2 aromatic heterocycles. The fourth-order valence-electron chi connectivity index (χ4n) is 2.86. The maximum absolute atomic E-state index is 5.34. The second-order valence-corrected chi connectivity index (χ2v) is 5.94. The molecule has 0 spiro atoms. The van der Waals surface area contributed by atoms with E-state index in [0.29, 0.717) is 12.3 Å². The Morgan fingerprint density at radius 1 is 0.963 bits per heavy atom. The van der Waals surface area contributed by atoms with Crippen LogP contribution in [0.5, 0.6) is 11.5 Å². The van der Waals surface area contributed by atoms with Crippen molar-refractivity contribution in [2.75, 3.05) is 19.5 Å². The zero-order valence-electron chi connectivity index (χ0n) is 15.1. The lowest BCUT2D eigenvalue weighted by atomic mass is 10.1. The third-order valence-electron chi connectivity index (χ3n) is 4.21. The van der Waals surface area contributed by atoms with Crippen molar-refractivity contribution >= 4 is 11.6 Å². The monoisotopic (exact) mass is 361 g/mol. The van der Waals surface area contributed by atoms with Crippen LogP contribution in [0.2, 0.25) is 0 Å². The van der Waals surface area contributed by atoms with E-state index in [-0.39, 0.29) is 0 Å². The third kappa shape index (κ3) is 3.52. The number of hydrogen-bond donors (Lipinski definition) is 1. The minimum Gasteiger partial charge on any atom is -0.497 e. The molecule has 0 atom stereocenters. The molecule has 7 heteroatoms. The van der Waals surface area contributed by atoms with Crippen molar-refractivity contribution in [3.8, 4) is 22.8 Å². The Balaban J connectivity index is 1.67. The number of benzene rings is 2. The van der Waals surface area contributed by atoms with Gasteiger partial charge in [0.05, 0.1) is 19.9 Å². The van der Waals surface area contributed by atoms with E-state index in [1.807, 2.05) is 54.6 Å². The van der Waals surface area contributed by atoms with Gasteiger partial charge in [0, 0.05) is 24.2 Å². The number of anilines is 1. The summed E-state index contributed by atoms with van der Waals surface area (Å²) in [5, 5.41) is 7.68. The summed E-state index contributed by atoms with van der Waals surface area (Å²) >= 11 is 0. The van der Waals surface area contributed by atoms with E-state index in [4.69, 9.17) is 9.47 Å². The van der Waals surface area contributed by atoms with E-state index in [9.17, 15) is 0 Å². The van der Waals surface area contributed by atoms with Crippen LogP contribution < -0.4 is 14.8 Å². The first kappa shape index (κ1) is 16.8.